The van der Waals surface area contributed by atoms with Crippen molar-refractivity contribution in [3.8, 4) is 17.2 Å². The van der Waals surface area contributed by atoms with E-state index in [-0.39, 0.29) is 30.0 Å². The molecule has 9 nitrogen and oxygen atoms in total. The molecule has 142 valence electrons. The first-order valence-corrected chi connectivity index (χ1v) is 8.80. The molecule has 1 atom stereocenters. The Balaban J connectivity index is 1.58. The van der Waals surface area contributed by atoms with Gasteiger partial charge >= 0.3 is 0 Å². The average molecular weight is 371 g/mol. The number of fused-ring (bicyclic) bond motifs is 1. The largest absolute Gasteiger partial charge is 0.504 e. The minimum Gasteiger partial charge on any atom is -0.504 e. The van der Waals surface area contributed by atoms with Crippen molar-refractivity contribution >= 4 is 17.0 Å². The quantitative estimate of drug-likeness (QED) is 0.586. The maximum absolute atomic E-state index is 10.1. The number of nitrogens with one attached hydrogen (secondary N) is 1. The first kappa shape index (κ1) is 17.3. The van der Waals surface area contributed by atoms with Crippen molar-refractivity contribution in [1.82, 2.24) is 19.5 Å². The van der Waals surface area contributed by atoms with Crippen molar-refractivity contribution in [1.29, 1.82) is 0 Å². The third kappa shape index (κ3) is 3.21. The van der Waals surface area contributed by atoms with E-state index in [1.54, 1.807) is 18.5 Å². The number of rotatable bonds is 5. The zero-order valence-electron chi connectivity index (χ0n) is 14.9. The lowest BCUT2D eigenvalue weighted by Crippen LogP contribution is -2.17. The highest BCUT2D eigenvalue weighted by atomic mass is 16.5. The summed E-state index contributed by atoms with van der Waals surface area (Å²) in [5, 5.41) is 23.2. The van der Waals surface area contributed by atoms with E-state index in [0.717, 1.165) is 25.9 Å². The molecule has 0 aliphatic carbocycles. The Morgan fingerprint density at radius 1 is 1.22 bits per heavy atom. The van der Waals surface area contributed by atoms with Gasteiger partial charge in [0.1, 0.15) is 12.6 Å². The van der Waals surface area contributed by atoms with Gasteiger partial charge in [0.2, 0.25) is 5.75 Å². The molecule has 1 aliphatic heterocycles. The van der Waals surface area contributed by atoms with E-state index in [1.807, 2.05) is 4.57 Å². The SMILES string of the molecule is COc1ccc(CNc2ncnc3c2ncn3C2CCCCO2)c(O)c1O. The summed E-state index contributed by atoms with van der Waals surface area (Å²) in [6.07, 6.45) is 6.24. The number of aromatic nitrogens is 4. The lowest BCUT2D eigenvalue weighted by Gasteiger charge is -2.23. The molecular weight excluding hydrogens is 350 g/mol. The van der Waals surface area contributed by atoms with E-state index in [4.69, 9.17) is 9.47 Å². The number of phenols is 2. The summed E-state index contributed by atoms with van der Waals surface area (Å²) in [4.78, 5) is 13.0. The molecule has 27 heavy (non-hydrogen) atoms. The highest BCUT2D eigenvalue weighted by Crippen LogP contribution is 2.38. The molecule has 2 aromatic heterocycles. The van der Waals surface area contributed by atoms with Crippen molar-refractivity contribution in [3.63, 3.8) is 0 Å². The summed E-state index contributed by atoms with van der Waals surface area (Å²) in [5.74, 6) is 0.243. The number of aromatic hydroxyl groups is 2. The van der Waals surface area contributed by atoms with Gasteiger partial charge < -0.3 is 25.0 Å². The molecule has 3 N–H and O–H groups in total. The molecule has 0 amide bonds. The van der Waals surface area contributed by atoms with Crippen LogP contribution in [0.3, 0.4) is 0 Å². The molecule has 1 fully saturated rings. The number of phenolic OH excluding ortho intramolecular Hbond substituents is 2. The topological polar surface area (TPSA) is 115 Å². The van der Waals surface area contributed by atoms with Crippen LogP contribution in [0.2, 0.25) is 0 Å². The molecule has 0 radical (unpaired) electrons. The molecule has 1 unspecified atom stereocenters. The standard InChI is InChI=1S/C18H21N5O4/c1-26-12-6-5-11(15(24)16(12)25)8-19-17-14-18(21-9-20-17)23(10-22-14)13-4-2-3-7-27-13/h5-6,9-10,13,24-25H,2-4,7-8H2,1H3,(H,19,20,21). The number of benzene rings is 1. The van der Waals surface area contributed by atoms with Crippen LogP contribution in [0.1, 0.15) is 31.1 Å². The fraction of sp³-hybridized carbons (Fsp3) is 0.389. The summed E-state index contributed by atoms with van der Waals surface area (Å²) in [5.41, 5.74) is 1.83. The Morgan fingerprint density at radius 3 is 2.89 bits per heavy atom. The molecular formula is C18H21N5O4. The predicted octanol–water partition coefficient (Wildman–Crippen LogP) is 2.56. The second-order valence-electron chi connectivity index (χ2n) is 6.35. The van der Waals surface area contributed by atoms with Crippen LogP contribution in [0.25, 0.3) is 11.2 Å². The van der Waals surface area contributed by atoms with E-state index in [2.05, 4.69) is 20.3 Å². The van der Waals surface area contributed by atoms with Gasteiger partial charge in [-0.3, -0.25) is 4.57 Å². The number of hydrogen-bond donors (Lipinski definition) is 3. The molecule has 3 aromatic rings. The first-order valence-electron chi connectivity index (χ1n) is 8.80. The fourth-order valence-corrected chi connectivity index (χ4v) is 3.22. The number of ether oxygens (including phenoxy) is 2. The summed E-state index contributed by atoms with van der Waals surface area (Å²) in [6, 6.07) is 3.27. The monoisotopic (exact) mass is 371 g/mol. The van der Waals surface area contributed by atoms with E-state index in [0.29, 0.717) is 22.5 Å². The van der Waals surface area contributed by atoms with E-state index in [1.165, 1.54) is 13.4 Å². The number of nitrogens with zero attached hydrogens (tertiary/aromatic N) is 4. The molecule has 0 spiro atoms. The van der Waals surface area contributed by atoms with Crippen LogP contribution < -0.4 is 10.1 Å². The third-order valence-corrected chi connectivity index (χ3v) is 4.69. The summed E-state index contributed by atoms with van der Waals surface area (Å²) >= 11 is 0. The van der Waals surface area contributed by atoms with Crippen LogP contribution in [0, 0.1) is 0 Å². The molecule has 1 saturated heterocycles. The van der Waals surface area contributed by atoms with Gasteiger partial charge in [0, 0.05) is 18.7 Å². The predicted molar refractivity (Wildman–Crippen MR) is 97.8 cm³/mol. The molecule has 9 heteroatoms. The number of imidazole rings is 1. The lowest BCUT2D eigenvalue weighted by atomic mass is 10.1. The smallest absolute Gasteiger partial charge is 0.200 e. The van der Waals surface area contributed by atoms with Gasteiger partial charge in [0.15, 0.2) is 28.5 Å². The highest BCUT2D eigenvalue weighted by molar-refractivity contribution is 5.82. The van der Waals surface area contributed by atoms with Crippen LogP contribution in [0.4, 0.5) is 5.82 Å². The van der Waals surface area contributed by atoms with Crippen molar-refractivity contribution in [2.24, 2.45) is 0 Å². The minimum absolute atomic E-state index is 0.0610. The lowest BCUT2D eigenvalue weighted by molar-refractivity contribution is -0.0298. The Labute approximate surface area is 155 Å². The van der Waals surface area contributed by atoms with Crippen molar-refractivity contribution in [2.75, 3.05) is 19.0 Å². The molecule has 1 aromatic carbocycles. The van der Waals surface area contributed by atoms with Gasteiger partial charge in [-0.1, -0.05) is 0 Å². The van der Waals surface area contributed by atoms with Crippen molar-refractivity contribution in [2.45, 2.75) is 32.0 Å². The van der Waals surface area contributed by atoms with Crippen LogP contribution in [-0.2, 0) is 11.3 Å². The van der Waals surface area contributed by atoms with Gasteiger partial charge in [0.25, 0.3) is 0 Å². The fourth-order valence-electron chi connectivity index (χ4n) is 3.22. The van der Waals surface area contributed by atoms with Crippen LogP contribution in [0.15, 0.2) is 24.8 Å². The van der Waals surface area contributed by atoms with E-state index in [9.17, 15) is 10.2 Å². The Bertz CT molecular complexity index is 952. The number of anilines is 1. The first-order chi connectivity index (χ1) is 13.2. The van der Waals surface area contributed by atoms with Gasteiger partial charge in [0.05, 0.1) is 13.4 Å². The number of hydrogen-bond acceptors (Lipinski definition) is 8. The van der Waals surface area contributed by atoms with Gasteiger partial charge in [-0.15, -0.1) is 0 Å². The second kappa shape index (κ2) is 7.28. The minimum atomic E-state index is -0.289. The zero-order chi connectivity index (χ0) is 18.8. The maximum Gasteiger partial charge on any atom is 0.200 e. The van der Waals surface area contributed by atoms with E-state index < -0.39 is 0 Å². The molecule has 0 saturated carbocycles. The number of methoxy groups -OCH3 is 1. The molecule has 1 aliphatic rings. The second-order valence-corrected chi connectivity index (χ2v) is 6.35. The Morgan fingerprint density at radius 2 is 2.11 bits per heavy atom. The van der Waals surface area contributed by atoms with Crippen LogP contribution in [0.5, 0.6) is 17.2 Å². The van der Waals surface area contributed by atoms with Gasteiger partial charge in [-0.05, 0) is 31.4 Å². The van der Waals surface area contributed by atoms with Gasteiger partial charge in [-0.2, -0.15) is 0 Å². The highest BCUT2D eigenvalue weighted by Gasteiger charge is 2.20. The van der Waals surface area contributed by atoms with E-state index >= 15 is 0 Å². The molecule has 0 bridgehead atoms. The van der Waals surface area contributed by atoms with Crippen molar-refractivity contribution < 1.29 is 19.7 Å². The Kier molecular flexibility index (Phi) is 4.68. The molecule has 4 rings (SSSR count). The summed E-state index contributed by atoms with van der Waals surface area (Å²) < 4.78 is 12.7. The van der Waals surface area contributed by atoms with Gasteiger partial charge in [-0.25, -0.2) is 15.0 Å². The van der Waals surface area contributed by atoms with Crippen molar-refractivity contribution in [3.05, 3.63) is 30.4 Å². The molecule has 3 heterocycles. The average Bonchev–Trinajstić information content (AvgIpc) is 3.14. The zero-order valence-corrected chi connectivity index (χ0v) is 14.9. The summed E-state index contributed by atoms with van der Waals surface area (Å²) in [6.45, 7) is 0.989. The normalized spacial score (nSPS) is 17.1. The summed E-state index contributed by atoms with van der Waals surface area (Å²) in [7, 11) is 1.43. The maximum atomic E-state index is 10.1. The van der Waals surface area contributed by atoms with Crippen LogP contribution >= 0.6 is 0 Å². The van der Waals surface area contributed by atoms with Crippen LogP contribution in [-0.4, -0.2) is 43.4 Å². The Hall–Kier alpha value is -3.07. The third-order valence-electron chi connectivity index (χ3n) is 4.69.